The Morgan fingerprint density at radius 2 is 1.82 bits per heavy atom. The van der Waals surface area contributed by atoms with Crippen LogP contribution in [0.25, 0.3) is 0 Å². The maximum absolute atomic E-state index is 2.31. The molecule has 0 saturated heterocycles. The van der Waals surface area contributed by atoms with Crippen molar-refractivity contribution in [3.05, 3.63) is 5.92 Å². The topological polar surface area (TPSA) is 0 Å². The van der Waals surface area contributed by atoms with Crippen molar-refractivity contribution in [1.29, 1.82) is 0 Å². The highest BCUT2D eigenvalue weighted by Gasteiger charge is 2.15. The Morgan fingerprint density at radius 3 is 2.36 bits per heavy atom. The van der Waals surface area contributed by atoms with E-state index in [1.165, 1.54) is 44.9 Å². The van der Waals surface area contributed by atoms with Crippen molar-refractivity contribution >= 4 is 0 Å². The predicted molar refractivity (Wildman–Crippen MR) is 50.4 cm³/mol. The molecule has 1 radical (unpaired) electrons. The average Bonchev–Trinajstić information content (AvgIpc) is 2.06. The summed E-state index contributed by atoms with van der Waals surface area (Å²) in [6.07, 6.45) is 10.2. The van der Waals surface area contributed by atoms with E-state index in [2.05, 4.69) is 13.8 Å². The molecule has 0 nitrogen and oxygen atoms in total. The van der Waals surface area contributed by atoms with Crippen LogP contribution < -0.4 is 0 Å². The van der Waals surface area contributed by atoms with Gasteiger partial charge in [-0.2, -0.15) is 0 Å². The molecule has 1 rings (SSSR count). The quantitative estimate of drug-likeness (QED) is 0.575. The van der Waals surface area contributed by atoms with Gasteiger partial charge in [-0.25, -0.2) is 0 Å². The Bertz CT molecular complexity index is 90.2. The smallest absolute Gasteiger partial charge is 0.0272 e. The molecule has 1 saturated carbocycles. The van der Waals surface area contributed by atoms with E-state index in [1.807, 2.05) is 0 Å². The summed E-state index contributed by atoms with van der Waals surface area (Å²) in [4.78, 5) is 0. The van der Waals surface area contributed by atoms with Crippen molar-refractivity contribution in [1.82, 2.24) is 0 Å². The third-order valence-corrected chi connectivity index (χ3v) is 2.97. The van der Waals surface area contributed by atoms with E-state index in [0.29, 0.717) is 0 Å². The van der Waals surface area contributed by atoms with Crippen LogP contribution in [0.4, 0.5) is 0 Å². The van der Waals surface area contributed by atoms with Crippen LogP contribution in [0.3, 0.4) is 0 Å². The van der Waals surface area contributed by atoms with Crippen LogP contribution in [0, 0.1) is 11.8 Å². The molecule has 0 heteroatoms. The summed E-state index contributed by atoms with van der Waals surface area (Å²) in [5.74, 6) is 2.75. The molecule has 0 amide bonds. The normalized spacial score (nSPS) is 21.0. The Labute approximate surface area is 71.4 Å². The summed E-state index contributed by atoms with van der Waals surface area (Å²) < 4.78 is 0. The highest BCUT2D eigenvalue weighted by atomic mass is 14.2. The first-order valence-electron chi connectivity index (χ1n) is 5.14. The van der Waals surface area contributed by atoms with Crippen molar-refractivity contribution in [2.24, 2.45) is 5.92 Å². The summed E-state index contributed by atoms with van der Waals surface area (Å²) in [5.41, 5.74) is 0. The van der Waals surface area contributed by atoms with Crippen molar-refractivity contribution in [2.45, 2.75) is 58.8 Å². The Hall–Kier alpha value is 0. The zero-order valence-electron chi connectivity index (χ0n) is 8.03. The lowest BCUT2D eigenvalue weighted by Gasteiger charge is -2.23. The second-order valence-corrected chi connectivity index (χ2v) is 4.02. The number of hydrogen-bond donors (Lipinski definition) is 0. The highest BCUT2D eigenvalue weighted by molar-refractivity contribution is 4.85. The van der Waals surface area contributed by atoms with Crippen molar-refractivity contribution < 1.29 is 0 Å². The fraction of sp³-hybridized carbons (Fsp3) is 0.909. The van der Waals surface area contributed by atoms with Crippen LogP contribution in [-0.2, 0) is 0 Å². The molecule has 0 atom stereocenters. The molecule has 1 aliphatic carbocycles. The van der Waals surface area contributed by atoms with E-state index < -0.39 is 0 Å². The minimum atomic E-state index is 1.05. The SMILES string of the molecule is CC[C](C)CC1CCCCC1. The van der Waals surface area contributed by atoms with E-state index in [1.54, 1.807) is 5.92 Å². The Balaban J connectivity index is 2.13. The van der Waals surface area contributed by atoms with Gasteiger partial charge in [0.2, 0.25) is 0 Å². The molecule has 1 fully saturated rings. The minimum absolute atomic E-state index is 1.05. The molecule has 0 spiro atoms. The van der Waals surface area contributed by atoms with Gasteiger partial charge in [-0.15, -0.1) is 0 Å². The van der Waals surface area contributed by atoms with Crippen LogP contribution in [0.5, 0.6) is 0 Å². The summed E-state index contributed by atoms with van der Waals surface area (Å²) >= 11 is 0. The molecular weight excluding hydrogens is 132 g/mol. The van der Waals surface area contributed by atoms with Gasteiger partial charge < -0.3 is 0 Å². The van der Waals surface area contributed by atoms with Gasteiger partial charge in [-0.3, -0.25) is 0 Å². The van der Waals surface area contributed by atoms with E-state index in [9.17, 15) is 0 Å². The van der Waals surface area contributed by atoms with Crippen LogP contribution in [-0.4, -0.2) is 0 Å². The minimum Gasteiger partial charge on any atom is -0.0648 e. The lowest BCUT2D eigenvalue weighted by Crippen LogP contribution is -2.08. The number of hydrogen-bond acceptors (Lipinski definition) is 0. The third-order valence-electron chi connectivity index (χ3n) is 2.97. The van der Waals surface area contributed by atoms with E-state index >= 15 is 0 Å². The fourth-order valence-corrected chi connectivity index (χ4v) is 2.03. The van der Waals surface area contributed by atoms with Gasteiger partial charge >= 0.3 is 0 Å². The van der Waals surface area contributed by atoms with Crippen molar-refractivity contribution in [3.8, 4) is 0 Å². The summed E-state index contributed by atoms with van der Waals surface area (Å²) in [6.45, 7) is 4.59. The fourth-order valence-electron chi connectivity index (χ4n) is 2.03. The van der Waals surface area contributed by atoms with Crippen LogP contribution in [0.15, 0.2) is 0 Å². The first kappa shape index (κ1) is 9.09. The molecule has 0 aliphatic heterocycles. The molecule has 11 heavy (non-hydrogen) atoms. The van der Waals surface area contributed by atoms with Gasteiger partial charge in [-0.1, -0.05) is 52.4 Å². The van der Waals surface area contributed by atoms with Crippen LogP contribution in [0.1, 0.15) is 58.8 Å². The second-order valence-electron chi connectivity index (χ2n) is 4.02. The molecule has 0 unspecified atom stereocenters. The molecule has 0 heterocycles. The van der Waals surface area contributed by atoms with E-state index in [-0.39, 0.29) is 0 Å². The molecule has 65 valence electrons. The monoisotopic (exact) mass is 153 g/mol. The molecule has 1 aliphatic rings. The summed E-state index contributed by atoms with van der Waals surface area (Å²) in [5, 5.41) is 0. The van der Waals surface area contributed by atoms with Crippen LogP contribution >= 0.6 is 0 Å². The zero-order chi connectivity index (χ0) is 8.10. The van der Waals surface area contributed by atoms with Gasteiger partial charge in [-0.05, 0) is 18.3 Å². The Kier molecular flexibility index (Phi) is 3.96. The molecular formula is C11H21. The van der Waals surface area contributed by atoms with Gasteiger partial charge in [0.05, 0.1) is 0 Å². The second kappa shape index (κ2) is 4.79. The number of rotatable bonds is 3. The maximum Gasteiger partial charge on any atom is -0.0272 e. The largest absolute Gasteiger partial charge is 0.0648 e. The molecule has 0 aromatic heterocycles. The van der Waals surface area contributed by atoms with Crippen molar-refractivity contribution in [2.75, 3.05) is 0 Å². The predicted octanol–water partition coefficient (Wildman–Crippen LogP) is 3.96. The van der Waals surface area contributed by atoms with Gasteiger partial charge in [0.25, 0.3) is 0 Å². The maximum atomic E-state index is 2.31. The molecule has 0 bridgehead atoms. The van der Waals surface area contributed by atoms with Crippen molar-refractivity contribution in [3.63, 3.8) is 0 Å². The average molecular weight is 153 g/mol. The first-order valence-corrected chi connectivity index (χ1v) is 5.14. The van der Waals surface area contributed by atoms with E-state index in [4.69, 9.17) is 0 Å². The molecule has 0 N–H and O–H groups in total. The first-order chi connectivity index (χ1) is 5.33. The van der Waals surface area contributed by atoms with Gasteiger partial charge in [0, 0.05) is 0 Å². The Morgan fingerprint density at radius 1 is 1.18 bits per heavy atom. The molecule has 0 aromatic rings. The van der Waals surface area contributed by atoms with Crippen LogP contribution in [0.2, 0.25) is 0 Å². The summed E-state index contributed by atoms with van der Waals surface area (Å²) in [7, 11) is 0. The highest BCUT2D eigenvalue weighted by Crippen LogP contribution is 2.30. The lowest BCUT2D eigenvalue weighted by atomic mass is 9.83. The lowest BCUT2D eigenvalue weighted by molar-refractivity contribution is 0.342. The standard InChI is InChI=1S/C11H21/c1-3-10(2)9-11-7-5-4-6-8-11/h11H,3-9H2,1-2H3. The third kappa shape index (κ3) is 3.27. The van der Waals surface area contributed by atoms with E-state index in [0.717, 1.165) is 5.92 Å². The molecule has 0 aromatic carbocycles. The van der Waals surface area contributed by atoms with Gasteiger partial charge in [0.15, 0.2) is 0 Å². The summed E-state index contributed by atoms with van der Waals surface area (Å²) in [6, 6.07) is 0. The zero-order valence-corrected chi connectivity index (χ0v) is 8.03. The van der Waals surface area contributed by atoms with Gasteiger partial charge in [0.1, 0.15) is 0 Å².